The fraction of sp³-hybridized carbons (Fsp3) is 0.529. The number of nitrogens with two attached hydrogens (primary N) is 1. The van der Waals surface area contributed by atoms with Crippen molar-refractivity contribution in [2.75, 3.05) is 13.2 Å². The highest BCUT2D eigenvalue weighted by molar-refractivity contribution is 5.37. The second kappa shape index (κ2) is 8.04. The molecule has 1 aliphatic carbocycles. The zero-order valence-electron chi connectivity index (χ0n) is 11.8. The van der Waals surface area contributed by atoms with E-state index < -0.39 is 0 Å². The van der Waals surface area contributed by atoms with Crippen LogP contribution in [-0.2, 0) is 11.3 Å². The molecule has 0 atom stereocenters. The third-order valence-corrected chi connectivity index (χ3v) is 3.72. The Hall–Kier alpha value is -1.37. The number of hydrogen-bond donors (Lipinski definition) is 1. The maximum absolute atomic E-state index is 13.9. The van der Waals surface area contributed by atoms with Gasteiger partial charge in [-0.25, -0.2) is 4.39 Å². The molecule has 0 aromatic heterocycles. The van der Waals surface area contributed by atoms with Crippen LogP contribution in [0.15, 0.2) is 18.2 Å². The minimum absolute atomic E-state index is 0.252. The molecule has 1 aliphatic rings. The standard InChI is InChI=1S/C17H22FNO/c18-17-11-14(7-4-10-19)8-9-16(17)13-20-12-15-5-2-1-3-6-15/h8-9,11,15H,1-3,5-6,10,12-13,19H2. The van der Waals surface area contributed by atoms with Gasteiger partial charge in [-0.15, -0.1) is 0 Å². The first-order valence-corrected chi connectivity index (χ1v) is 7.34. The lowest BCUT2D eigenvalue weighted by molar-refractivity contribution is 0.0723. The van der Waals surface area contributed by atoms with Crippen LogP contribution in [0.3, 0.4) is 0 Å². The minimum atomic E-state index is -0.252. The Morgan fingerprint density at radius 3 is 2.75 bits per heavy atom. The van der Waals surface area contributed by atoms with Crippen molar-refractivity contribution < 1.29 is 9.13 Å². The van der Waals surface area contributed by atoms with Gasteiger partial charge in [0.15, 0.2) is 0 Å². The molecule has 1 saturated carbocycles. The first-order valence-electron chi connectivity index (χ1n) is 7.34. The molecule has 2 nitrogen and oxygen atoms in total. The number of rotatable bonds is 4. The Morgan fingerprint density at radius 2 is 2.05 bits per heavy atom. The third kappa shape index (κ3) is 4.63. The molecule has 0 aliphatic heterocycles. The molecular formula is C17H22FNO. The lowest BCUT2D eigenvalue weighted by Crippen LogP contribution is -2.13. The maximum atomic E-state index is 13.9. The second-order valence-electron chi connectivity index (χ2n) is 5.33. The van der Waals surface area contributed by atoms with Gasteiger partial charge in [0.2, 0.25) is 0 Å². The van der Waals surface area contributed by atoms with Gasteiger partial charge in [-0.3, -0.25) is 0 Å². The number of hydrogen-bond acceptors (Lipinski definition) is 2. The molecule has 0 saturated heterocycles. The Balaban J connectivity index is 1.83. The lowest BCUT2D eigenvalue weighted by atomic mass is 9.90. The van der Waals surface area contributed by atoms with Crippen molar-refractivity contribution in [2.24, 2.45) is 11.7 Å². The monoisotopic (exact) mass is 275 g/mol. The Bertz CT molecular complexity index is 483. The fourth-order valence-electron chi connectivity index (χ4n) is 2.58. The summed E-state index contributed by atoms with van der Waals surface area (Å²) in [6, 6.07) is 5.00. The SMILES string of the molecule is NCC#Cc1ccc(COCC2CCCCC2)c(F)c1. The van der Waals surface area contributed by atoms with Crippen molar-refractivity contribution in [3.05, 3.63) is 35.1 Å². The maximum Gasteiger partial charge on any atom is 0.129 e. The summed E-state index contributed by atoms with van der Waals surface area (Å²) in [5.41, 5.74) is 6.55. The summed E-state index contributed by atoms with van der Waals surface area (Å²) in [7, 11) is 0. The lowest BCUT2D eigenvalue weighted by Gasteiger charge is -2.21. The summed E-state index contributed by atoms with van der Waals surface area (Å²) in [5, 5.41) is 0. The molecular weight excluding hydrogens is 253 g/mol. The molecule has 0 radical (unpaired) electrons. The molecule has 1 aromatic rings. The molecule has 108 valence electrons. The normalized spacial score (nSPS) is 15.7. The molecule has 1 fully saturated rings. The summed E-state index contributed by atoms with van der Waals surface area (Å²) in [6.45, 7) is 1.37. The van der Waals surface area contributed by atoms with Gasteiger partial charge in [0.05, 0.1) is 13.2 Å². The minimum Gasteiger partial charge on any atom is -0.376 e. The zero-order valence-corrected chi connectivity index (χ0v) is 11.8. The molecule has 0 bridgehead atoms. The van der Waals surface area contributed by atoms with Gasteiger partial charge in [-0.2, -0.15) is 0 Å². The molecule has 0 heterocycles. The van der Waals surface area contributed by atoms with Crippen LogP contribution in [-0.4, -0.2) is 13.2 Å². The van der Waals surface area contributed by atoms with Crippen LogP contribution in [0.4, 0.5) is 4.39 Å². The topological polar surface area (TPSA) is 35.2 Å². The average molecular weight is 275 g/mol. The van der Waals surface area contributed by atoms with Crippen molar-refractivity contribution >= 4 is 0 Å². The van der Waals surface area contributed by atoms with E-state index in [1.165, 1.54) is 38.2 Å². The summed E-state index contributed by atoms with van der Waals surface area (Å²) < 4.78 is 19.5. The van der Waals surface area contributed by atoms with Crippen molar-refractivity contribution in [2.45, 2.75) is 38.7 Å². The van der Waals surface area contributed by atoms with E-state index in [0.717, 1.165) is 6.61 Å². The van der Waals surface area contributed by atoms with E-state index in [4.69, 9.17) is 10.5 Å². The van der Waals surface area contributed by atoms with Crippen LogP contribution in [0.1, 0.15) is 43.2 Å². The van der Waals surface area contributed by atoms with Gasteiger partial charge in [0, 0.05) is 17.7 Å². The van der Waals surface area contributed by atoms with Crippen molar-refractivity contribution in [1.29, 1.82) is 0 Å². The van der Waals surface area contributed by atoms with Crippen LogP contribution in [0.25, 0.3) is 0 Å². The number of benzene rings is 1. The van der Waals surface area contributed by atoms with Crippen LogP contribution >= 0.6 is 0 Å². The highest BCUT2D eigenvalue weighted by Crippen LogP contribution is 2.24. The van der Waals surface area contributed by atoms with Crippen LogP contribution in [0.5, 0.6) is 0 Å². The number of ether oxygens (including phenoxy) is 1. The van der Waals surface area contributed by atoms with Crippen molar-refractivity contribution in [3.63, 3.8) is 0 Å². The summed E-state index contributed by atoms with van der Waals surface area (Å²) in [5.74, 6) is 5.94. The van der Waals surface area contributed by atoms with Gasteiger partial charge in [-0.1, -0.05) is 37.2 Å². The molecule has 0 amide bonds. The van der Waals surface area contributed by atoms with Gasteiger partial charge in [0.1, 0.15) is 5.82 Å². The predicted molar refractivity (Wildman–Crippen MR) is 78.6 cm³/mol. The van der Waals surface area contributed by atoms with E-state index in [-0.39, 0.29) is 12.4 Å². The highest BCUT2D eigenvalue weighted by atomic mass is 19.1. The van der Waals surface area contributed by atoms with E-state index in [9.17, 15) is 4.39 Å². The smallest absolute Gasteiger partial charge is 0.129 e. The Labute approximate surface area is 120 Å². The number of halogens is 1. The van der Waals surface area contributed by atoms with Crippen molar-refractivity contribution in [1.82, 2.24) is 0 Å². The molecule has 0 unspecified atom stereocenters. The molecule has 2 rings (SSSR count). The first-order chi connectivity index (χ1) is 9.79. The van der Waals surface area contributed by atoms with Gasteiger partial charge in [-0.05, 0) is 30.9 Å². The second-order valence-corrected chi connectivity index (χ2v) is 5.33. The predicted octanol–water partition coefficient (Wildman–Crippen LogP) is 3.23. The first kappa shape index (κ1) is 15.0. The molecule has 20 heavy (non-hydrogen) atoms. The average Bonchev–Trinajstić information content (AvgIpc) is 2.48. The van der Waals surface area contributed by atoms with Crippen LogP contribution in [0.2, 0.25) is 0 Å². The largest absolute Gasteiger partial charge is 0.376 e. The van der Waals surface area contributed by atoms with Crippen LogP contribution in [0, 0.1) is 23.6 Å². The molecule has 2 N–H and O–H groups in total. The fourth-order valence-corrected chi connectivity index (χ4v) is 2.58. The van der Waals surface area contributed by atoms with Gasteiger partial charge >= 0.3 is 0 Å². The zero-order chi connectivity index (χ0) is 14.2. The highest BCUT2D eigenvalue weighted by Gasteiger charge is 2.13. The Morgan fingerprint density at radius 1 is 1.25 bits per heavy atom. The van der Waals surface area contributed by atoms with Gasteiger partial charge < -0.3 is 10.5 Å². The molecule has 3 heteroatoms. The van der Waals surface area contributed by atoms with Crippen LogP contribution < -0.4 is 5.73 Å². The van der Waals surface area contributed by atoms with E-state index in [1.54, 1.807) is 6.07 Å². The Kier molecular flexibility index (Phi) is 6.04. The van der Waals surface area contributed by atoms with E-state index in [2.05, 4.69) is 11.8 Å². The molecule has 0 spiro atoms. The van der Waals surface area contributed by atoms with Crippen molar-refractivity contribution in [3.8, 4) is 11.8 Å². The van der Waals surface area contributed by atoms with E-state index in [0.29, 0.717) is 23.7 Å². The van der Waals surface area contributed by atoms with Gasteiger partial charge in [0.25, 0.3) is 0 Å². The summed E-state index contributed by atoms with van der Waals surface area (Å²) in [6.07, 6.45) is 6.44. The quantitative estimate of drug-likeness (QED) is 0.856. The summed E-state index contributed by atoms with van der Waals surface area (Å²) >= 11 is 0. The third-order valence-electron chi connectivity index (χ3n) is 3.72. The van der Waals surface area contributed by atoms with E-state index in [1.807, 2.05) is 6.07 Å². The summed E-state index contributed by atoms with van der Waals surface area (Å²) in [4.78, 5) is 0. The molecule has 1 aromatic carbocycles. The van der Waals surface area contributed by atoms with E-state index >= 15 is 0 Å².